The number of benzene rings is 1. The number of rotatable bonds is 2. The zero-order chi connectivity index (χ0) is 12.4. The molecule has 1 aromatic heterocycles. The fourth-order valence-electron chi connectivity index (χ4n) is 1.37. The van der Waals surface area contributed by atoms with Crippen molar-refractivity contribution in [1.82, 2.24) is 10.4 Å². The number of hydrogen-bond acceptors (Lipinski definition) is 3. The van der Waals surface area contributed by atoms with Gasteiger partial charge in [-0.05, 0) is 6.07 Å². The maximum atomic E-state index is 10.6. The molecule has 2 aromatic rings. The molecule has 7 heteroatoms. The average Bonchev–Trinajstić information content (AvgIpc) is 2.28. The second-order valence-electron chi connectivity index (χ2n) is 3.22. The second-order valence-corrected chi connectivity index (χ2v) is 3.96. The fourth-order valence-corrected chi connectivity index (χ4v) is 1.95. The van der Waals surface area contributed by atoms with Gasteiger partial charge in [0.2, 0.25) is 0 Å². The largest absolute Gasteiger partial charge is 0.350 e. The van der Waals surface area contributed by atoms with Crippen molar-refractivity contribution in [2.45, 2.75) is 0 Å². The SMILES string of the molecule is NC(=O)NNc1c(Cl)nc2ccccc2c1Cl. The molecule has 0 aliphatic carbocycles. The van der Waals surface area contributed by atoms with Crippen LogP contribution in [-0.4, -0.2) is 11.0 Å². The average molecular weight is 271 g/mol. The van der Waals surface area contributed by atoms with Crippen LogP contribution in [0.5, 0.6) is 0 Å². The smallest absolute Gasteiger partial charge is 0.330 e. The van der Waals surface area contributed by atoms with Crippen molar-refractivity contribution in [3.05, 3.63) is 34.4 Å². The molecule has 0 aliphatic rings. The van der Waals surface area contributed by atoms with Gasteiger partial charge in [0.1, 0.15) is 5.69 Å². The van der Waals surface area contributed by atoms with Crippen molar-refractivity contribution in [1.29, 1.82) is 0 Å². The molecule has 1 aromatic carbocycles. The van der Waals surface area contributed by atoms with Crippen molar-refractivity contribution < 1.29 is 4.79 Å². The Bertz CT molecular complexity index is 588. The van der Waals surface area contributed by atoms with Crippen LogP contribution in [0.1, 0.15) is 0 Å². The number of carbonyl (C=O) groups is 1. The summed E-state index contributed by atoms with van der Waals surface area (Å²) < 4.78 is 0. The number of amides is 2. The van der Waals surface area contributed by atoms with E-state index in [2.05, 4.69) is 15.8 Å². The van der Waals surface area contributed by atoms with Gasteiger partial charge in [0.05, 0.1) is 10.5 Å². The standard InChI is InChI=1S/C10H8Cl2N4O/c11-7-5-3-1-2-4-6(5)14-9(12)8(7)15-16-10(13)17/h1-4,15H,(H3,13,16,17). The highest BCUT2D eigenvalue weighted by molar-refractivity contribution is 6.42. The van der Waals surface area contributed by atoms with E-state index in [0.717, 1.165) is 5.39 Å². The molecule has 0 unspecified atom stereocenters. The van der Waals surface area contributed by atoms with Gasteiger partial charge in [0, 0.05) is 5.39 Å². The number of para-hydroxylation sites is 1. The van der Waals surface area contributed by atoms with E-state index in [9.17, 15) is 4.79 Å². The predicted octanol–water partition coefficient (Wildman–Crippen LogP) is 2.54. The summed E-state index contributed by atoms with van der Waals surface area (Å²) in [5.41, 5.74) is 10.6. The molecule has 2 amide bonds. The molecule has 17 heavy (non-hydrogen) atoms. The Morgan fingerprint density at radius 2 is 2.00 bits per heavy atom. The lowest BCUT2D eigenvalue weighted by molar-refractivity contribution is 0.250. The number of aromatic nitrogens is 1. The third kappa shape index (κ3) is 2.35. The van der Waals surface area contributed by atoms with Gasteiger partial charge in [0.25, 0.3) is 0 Å². The summed E-state index contributed by atoms with van der Waals surface area (Å²) in [7, 11) is 0. The Hall–Kier alpha value is -1.72. The molecule has 5 nitrogen and oxygen atoms in total. The highest BCUT2D eigenvalue weighted by Crippen LogP contribution is 2.34. The van der Waals surface area contributed by atoms with Crippen LogP contribution in [0.4, 0.5) is 10.5 Å². The van der Waals surface area contributed by atoms with Crippen LogP contribution in [0.3, 0.4) is 0 Å². The molecule has 0 radical (unpaired) electrons. The van der Waals surface area contributed by atoms with Crippen LogP contribution in [0.25, 0.3) is 10.9 Å². The van der Waals surface area contributed by atoms with E-state index in [-0.39, 0.29) is 5.15 Å². The van der Waals surface area contributed by atoms with Gasteiger partial charge in [0.15, 0.2) is 5.15 Å². The summed E-state index contributed by atoms with van der Waals surface area (Å²) in [4.78, 5) is 14.7. The van der Waals surface area contributed by atoms with E-state index in [0.29, 0.717) is 16.2 Å². The van der Waals surface area contributed by atoms with Gasteiger partial charge in [-0.25, -0.2) is 9.78 Å². The van der Waals surface area contributed by atoms with E-state index in [1.807, 2.05) is 12.1 Å². The number of anilines is 1. The number of halogens is 2. The first kappa shape index (κ1) is 11.8. The van der Waals surface area contributed by atoms with Gasteiger partial charge in [-0.3, -0.25) is 10.9 Å². The molecular weight excluding hydrogens is 263 g/mol. The number of nitrogens with one attached hydrogen (secondary N) is 2. The first-order valence-corrected chi connectivity index (χ1v) is 5.40. The van der Waals surface area contributed by atoms with Gasteiger partial charge >= 0.3 is 6.03 Å². The van der Waals surface area contributed by atoms with Crippen LogP contribution in [0.2, 0.25) is 10.2 Å². The van der Waals surface area contributed by atoms with E-state index in [1.165, 1.54) is 0 Å². The maximum Gasteiger partial charge on any atom is 0.330 e. The Balaban J connectivity index is 2.51. The highest BCUT2D eigenvalue weighted by Gasteiger charge is 2.12. The maximum absolute atomic E-state index is 10.6. The molecule has 1 heterocycles. The Labute approximate surface area is 107 Å². The molecule has 0 fully saturated rings. The van der Waals surface area contributed by atoms with Gasteiger partial charge in [-0.15, -0.1) is 0 Å². The number of primary amides is 1. The lowest BCUT2D eigenvalue weighted by Crippen LogP contribution is -2.34. The molecule has 0 aliphatic heterocycles. The monoisotopic (exact) mass is 270 g/mol. The normalized spacial score (nSPS) is 10.2. The first-order valence-electron chi connectivity index (χ1n) is 4.65. The van der Waals surface area contributed by atoms with Gasteiger partial charge in [-0.2, -0.15) is 0 Å². The van der Waals surface area contributed by atoms with Crippen molar-refractivity contribution >= 4 is 45.8 Å². The Morgan fingerprint density at radius 1 is 1.29 bits per heavy atom. The van der Waals surface area contributed by atoms with Crippen molar-refractivity contribution in [2.24, 2.45) is 5.73 Å². The zero-order valence-electron chi connectivity index (χ0n) is 8.50. The summed E-state index contributed by atoms with van der Waals surface area (Å²) in [6.45, 7) is 0. The number of nitrogens with two attached hydrogens (primary N) is 1. The molecule has 0 saturated heterocycles. The molecule has 0 spiro atoms. The fraction of sp³-hybridized carbons (Fsp3) is 0. The molecule has 0 saturated carbocycles. The first-order chi connectivity index (χ1) is 8.09. The van der Waals surface area contributed by atoms with E-state index in [1.54, 1.807) is 12.1 Å². The molecule has 0 bridgehead atoms. The van der Waals surface area contributed by atoms with Crippen LogP contribution < -0.4 is 16.6 Å². The number of hydrazine groups is 1. The summed E-state index contributed by atoms with van der Waals surface area (Å²) >= 11 is 12.1. The summed E-state index contributed by atoms with van der Waals surface area (Å²) in [6, 6.07) is 6.51. The molecule has 0 atom stereocenters. The van der Waals surface area contributed by atoms with Gasteiger partial charge < -0.3 is 5.73 Å². The second kappa shape index (κ2) is 4.65. The van der Waals surface area contributed by atoms with E-state index >= 15 is 0 Å². The molecule has 4 N–H and O–H groups in total. The lowest BCUT2D eigenvalue weighted by atomic mass is 10.2. The van der Waals surface area contributed by atoms with Crippen LogP contribution >= 0.6 is 23.2 Å². The zero-order valence-corrected chi connectivity index (χ0v) is 10.0. The van der Waals surface area contributed by atoms with Crippen LogP contribution in [-0.2, 0) is 0 Å². The van der Waals surface area contributed by atoms with Crippen molar-refractivity contribution in [3.63, 3.8) is 0 Å². The van der Waals surface area contributed by atoms with Crippen LogP contribution in [0, 0.1) is 0 Å². The predicted molar refractivity (Wildman–Crippen MR) is 68.1 cm³/mol. The topological polar surface area (TPSA) is 80.0 Å². The van der Waals surface area contributed by atoms with Gasteiger partial charge in [-0.1, -0.05) is 41.4 Å². The Morgan fingerprint density at radius 3 is 2.71 bits per heavy atom. The number of hydrogen-bond donors (Lipinski definition) is 3. The third-order valence-electron chi connectivity index (χ3n) is 2.10. The summed E-state index contributed by atoms with van der Waals surface area (Å²) in [5.74, 6) is 0. The molecular formula is C10H8Cl2N4O. The summed E-state index contributed by atoms with van der Waals surface area (Å²) in [6.07, 6.45) is 0. The minimum atomic E-state index is -0.745. The number of urea groups is 1. The Kier molecular flexibility index (Phi) is 3.21. The molecule has 2 rings (SSSR count). The number of fused-ring (bicyclic) bond motifs is 1. The quantitative estimate of drug-likeness (QED) is 0.580. The van der Waals surface area contributed by atoms with E-state index < -0.39 is 6.03 Å². The third-order valence-corrected chi connectivity index (χ3v) is 2.76. The highest BCUT2D eigenvalue weighted by atomic mass is 35.5. The number of pyridine rings is 1. The minimum absolute atomic E-state index is 0.155. The molecule has 88 valence electrons. The van der Waals surface area contributed by atoms with E-state index in [4.69, 9.17) is 28.9 Å². The number of carbonyl (C=O) groups excluding carboxylic acids is 1. The minimum Gasteiger partial charge on any atom is -0.350 e. The van der Waals surface area contributed by atoms with Crippen molar-refractivity contribution in [3.8, 4) is 0 Å². The number of nitrogens with zero attached hydrogens (tertiary/aromatic N) is 1. The van der Waals surface area contributed by atoms with Crippen LogP contribution in [0.15, 0.2) is 24.3 Å². The lowest BCUT2D eigenvalue weighted by Gasteiger charge is -2.11. The summed E-state index contributed by atoms with van der Waals surface area (Å²) in [5, 5.41) is 1.25. The van der Waals surface area contributed by atoms with Crippen molar-refractivity contribution in [2.75, 3.05) is 5.43 Å².